The van der Waals surface area contributed by atoms with Crippen LogP contribution in [0.3, 0.4) is 0 Å². The zero-order valence-corrected chi connectivity index (χ0v) is 16.3. The van der Waals surface area contributed by atoms with Crippen molar-refractivity contribution < 1.29 is 13.6 Å². The summed E-state index contributed by atoms with van der Waals surface area (Å²) in [5.74, 6) is -3.01. The Kier molecular flexibility index (Phi) is 4.98. The molecular formula is C20H18F2N8O. The fourth-order valence-electron chi connectivity index (χ4n) is 3.40. The van der Waals surface area contributed by atoms with Gasteiger partial charge in [0.25, 0.3) is 11.8 Å². The first-order valence-corrected chi connectivity index (χ1v) is 9.42. The predicted octanol–water partition coefficient (Wildman–Crippen LogP) is 2.12. The van der Waals surface area contributed by atoms with E-state index in [1.807, 2.05) is 0 Å². The second-order valence-electron chi connectivity index (χ2n) is 7.19. The van der Waals surface area contributed by atoms with Gasteiger partial charge in [0.2, 0.25) is 0 Å². The SMILES string of the molecule is N#Cc1cc(-c2cnc(N)c(-n3cc(C(N)=O)cn3)n2)ccc1N1CCC(F)(F)CC1. The van der Waals surface area contributed by atoms with Crippen LogP contribution in [0.5, 0.6) is 0 Å². The smallest absolute Gasteiger partial charge is 0.251 e. The Balaban J connectivity index is 1.67. The van der Waals surface area contributed by atoms with Crippen LogP contribution in [0.2, 0.25) is 0 Å². The second kappa shape index (κ2) is 7.64. The molecule has 0 atom stereocenters. The monoisotopic (exact) mass is 424 g/mol. The van der Waals surface area contributed by atoms with Gasteiger partial charge in [-0.15, -0.1) is 0 Å². The molecule has 0 unspecified atom stereocenters. The summed E-state index contributed by atoms with van der Waals surface area (Å²) in [4.78, 5) is 21.7. The van der Waals surface area contributed by atoms with E-state index in [9.17, 15) is 18.8 Å². The third kappa shape index (κ3) is 4.00. The van der Waals surface area contributed by atoms with Crippen LogP contribution >= 0.6 is 0 Å². The van der Waals surface area contributed by atoms with E-state index in [0.717, 1.165) is 0 Å². The number of nitrogens with zero attached hydrogens (tertiary/aromatic N) is 6. The quantitative estimate of drug-likeness (QED) is 0.654. The molecule has 1 fully saturated rings. The van der Waals surface area contributed by atoms with E-state index in [4.69, 9.17) is 11.5 Å². The maximum Gasteiger partial charge on any atom is 0.251 e. The second-order valence-corrected chi connectivity index (χ2v) is 7.19. The number of halogens is 2. The van der Waals surface area contributed by atoms with Crippen LogP contribution in [0.1, 0.15) is 28.8 Å². The molecule has 0 aliphatic carbocycles. The van der Waals surface area contributed by atoms with Gasteiger partial charge in [-0.25, -0.2) is 23.4 Å². The number of nitrogens with two attached hydrogens (primary N) is 2. The molecule has 31 heavy (non-hydrogen) atoms. The number of hydrogen-bond acceptors (Lipinski definition) is 7. The first-order chi connectivity index (χ1) is 14.8. The Hall–Kier alpha value is -4.07. The van der Waals surface area contributed by atoms with Crippen molar-refractivity contribution in [2.24, 2.45) is 5.73 Å². The lowest BCUT2D eigenvalue weighted by atomic mass is 10.0. The zero-order chi connectivity index (χ0) is 22.2. The molecule has 4 rings (SSSR count). The van der Waals surface area contributed by atoms with Crippen molar-refractivity contribution >= 4 is 17.4 Å². The molecule has 1 amide bonds. The Labute approximate surface area is 175 Å². The Bertz CT molecular complexity index is 1190. The molecule has 1 aliphatic rings. The van der Waals surface area contributed by atoms with Crippen molar-refractivity contribution in [1.82, 2.24) is 19.7 Å². The summed E-state index contributed by atoms with van der Waals surface area (Å²) in [7, 11) is 0. The van der Waals surface area contributed by atoms with Gasteiger partial charge in [0.15, 0.2) is 11.6 Å². The number of nitrogen functional groups attached to an aromatic ring is 1. The number of anilines is 2. The van der Waals surface area contributed by atoms with Crippen molar-refractivity contribution in [3.8, 4) is 23.1 Å². The van der Waals surface area contributed by atoms with E-state index in [1.165, 1.54) is 23.3 Å². The molecule has 1 aromatic carbocycles. The Morgan fingerprint density at radius 2 is 1.97 bits per heavy atom. The molecule has 4 N–H and O–H groups in total. The molecule has 0 saturated carbocycles. The molecule has 9 nitrogen and oxygen atoms in total. The van der Waals surface area contributed by atoms with E-state index in [-0.39, 0.29) is 43.1 Å². The van der Waals surface area contributed by atoms with Gasteiger partial charge in [0.05, 0.1) is 34.9 Å². The third-order valence-electron chi connectivity index (χ3n) is 5.11. The lowest BCUT2D eigenvalue weighted by Gasteiger charge is -2.33. The van der Waals surface area contributed by atoms with Gasteiger partial charge < -0.3 is 16.4 Å². The number of amides is 1. The van der Waals surface area contributed by atoms with Crippen molar-refractivity contribution in [1.29, 1.82) is 5.26 Å². The predicted molar refractivity (Wildman–Crippen MR) is 109 cm³/mol. The van der Waals surface area contributed by atoms with E-state index >= 15 is 0 Å². The van der Waals surface area contributed by atoms with Crippen molar-refractivity contribution in [3.05, 3.63) is 47.9 Å². The summed E-state index contributed by atoms with van der Waals surface area (Å²) >= 11 is 0. The van der Waals surface area contributed by atoms with Gasteiger partial charge in [0, 0.05) is 37.7 Å². The van der Waals surface area contributed by atoms with Crippen LogP contribution in [0, 0.1) is 11.3 Å². The molecule has 1 aliphatic heterocycles. The summed E-state index contributed by atoms with van der Waals surface area (Å²) in [5.41, 5.74) is 13.3. The first-order valence-electron chi connectivity index (χ1n) is 9.42. The molecule has 2 aromatic heterocycles. The topological polar surface area (TPSA) is 140 Å². The minimum atomic E-state index is -2.67. The van der Waals surface area contributed by atoms with Crippen molar-refractivity contribution in [2.75, 3.05) is 23.7 Å². The normalized spacial score (nSPS) is 15.5. The number of alkyl halides is 2. The average Bonchev–Trinajstić information content (AvgIpc) is 3.24. The molecule has 0 spiro atoms. The van der Waals surface area contributed by atoms with Crippen LogP contribution in [-0.4, -0.2) is 44.7 Å². The molecule has 1 saturated heterocycles. The molecule has 3 heterocycles. The Morgan fingerprint density at radius 3 is 2.61 bits per heavy atom. The summed E-state index contributed by atoms with van der Waals surface area (Å²) in [6.45, 7) is 0.350. The number of piperidine rings is 1. The van der Waals surface area contributed by atoms with Crippen molar-refractivity contribution in [3.63, 3.8) is 0 Å². The molecule has 0 radical (unpaired) electrons. The Morgan fingerprint density at radius 1 is 1.23 bits per heavy atom. The highest BCUT2D eigenvalue weighted by Gasteiger charge is 2.34. The van der Waals surface area contributed by atoms with Gasteiger partial charge in [0.1, 0.15) is 6.07 Å². The fraction of sp³-hybridized carbons (Fsp3) is 0.250. The number of hydrogen-bond donors (Lipinski definition) is 2. The molecule has 0 bridgehead atoms. The van der Waals surface area contributed by atoms with E-state index in [1.54, 1.807) is 23.1 Å². The highest BCUT2D eigenvalue weighted by atomic mass is 19.3. The zero-order valence-electron chi connectivity index (χ0n) is 16.3. The largest absolute Gasteiger partial charge is 0.381 e. The number of nitriles is 1. The van der Waals surface area contributed by atoms with Gasteiger partial charge in [-0.05, 0) is 12.1 Å². The molecule has 158 valence electrons. The fourth-order valence-corrected chi connectivity index (χ4v) is 3.40. The molecular weight excluding hydrogens is 406 g/mol. The lowest BCUT2D eigenvalue weighted by Crippen LogP contribution is -2.39. The molecule has 11 heteroatoms. The van der Waals surface area contributed by atoms with E-state index in [0.29, 0.717) is 22.5 Å². The highest BCUT2D eigenvalue weighted by molar-refractivity contribution is 5.92. The third-order valence-corrected chi connectivity index (χ3v) is 5.11. The maximum absolute atomic E-state index is 13.5. The number of carbonyl (C=O) groups excluding carboxylic acids is 1. The molecule has 3 aromatic rings. The van der Waals surface area contributed by atoms with Gasteiger partial charge >= 0.3 is 0 Å². The van der Waals surface area contributed by atoms with Gasteiger partial charge in [-0.3, -0.25) is 4.79 Å². The summed E-state index contributed by atoms with van der Waals surface area (Å²) in [6.07, 6.45) is 3.64. The number of primary amides is 1. The summed E-state index contributed by atoms with van der Waals surface area (Å²) in [5, 5.41) is 13.7. The maximum atomic E-state index is 13.5. The highest BCUT2D eigenvalue weighted by Crippen LogP contribution is 2.33. The van der Waals surface area contributed by atoms with Crippen molar-refractivity contribution in [2.45, 2.75) is 18.8 Å². The van der Waals surface area contributed by atoms with Crippen LogP contribution in [0.15, 0.2) is 36.8 Å². The van der Waals surface area contributed by atoms with Crippen LogP contribution in [0.25, 0.3) is 17.1 Å². The standard InChI is InChI=1S/C20H18F2N8O/c21-20(22)3-5-29(6-4-20)16-2-1-12(7-13(16)8-23)15-10-26-17(24)19(28-15)30-11-14(9-27-30)18(25)31/h1-2,7,9-11H,3-6H2,(H2,24,26)(H2,25,31). The van der Waals surface area contributed by atoms with Gasteiger partial charge in [-0.2, -0.15) is 10.4 Å². The number of benzene rings is 1. The lowest BCUT2D eigenvalue weighted by molar-refractivity contribution is -0.0220. The minimum Gasteiger partial charge on any atom is -0.381 e. The van der Waals surface area contributed by atoms with E-state index in [2.05, 4.69) is 21.1 Å². The number of aromatic nitrogens is 4. The first kappa shape index (κ1) is 20.2. The van der Waals surface area contributed by atoms with Gasteiger partial charge in [-0.1, -0.05) is 6.07 Å². The summed E-state index contributed by atoms with van der Waals surface area (Å²) < 4.78 is 28.2. The number of carbonyl (C=O) groups is 1. The van der Waals surface area contributed by atoms with Crippen LogP contribution in [-0.2, 0) is 0 Å². The average molecular weight is 424 g/mol. The number of rotatable bonds is 4. The summed E-state index contributed by atoms with van der Waals surface area (Å²) in [6, 6.07) is 7.21. The van der Waals surface area contributed by atoms with Crippen LogP contribution < -0.4 is 16.4 Å². The minimum absolute atomic E-state index is 0.0919. The van der Waals surface area contributed by atoms with Crippen LogP contribution in [0.4, 0.5) is 20.3 Å². The van der Waals surface area contributed by atoms with E-state index < -0.39 is 11.8 Å².